The minimum atomic E-state index is -0.925. The van der Waals surface area contributed by atoms with Crippen molar-refractivity contribution in [1.82, 2.24) is 0 Å². The molecule has 1 aromatic carbocycles. The van der Waals surface area contributed by atoms with E-state index in [2.05, 4.69) is 13.0 Å². The first kappa shape index (κ1) is 15.6. The topological polar surface area (TPSA) is 44.0 Å². The van der Waals surface area contributed by atoms with Gasteiger partial charge in [-0.05, 0) is 43.7 Å². The summed E-state index contributed by atoms with van der Waals surface area (Å²) in [4.78, 5) is 0. The third-order valence-corrected chi connectivity index (χ3v) is 5.25. The fraction of sp³-hybridized carbons (Fsp3) is 0.562. The Morgan fingerprint density at radius 2 is 1.90 bits per heavy atom. The van der Waals surface area contributed by atoms with Crippen LogP contribution in [0, 0.1) is 22.7 Å². The first-order valence-corrected chi connectivity index (χ1v) is 7.83. The van der Waals surface area contributed by atoms with Gasteiger partial charge in [-0.15, -0.1) is 0 Å². The van der Waals surface area contributed by atoms with Gasteiger partial charge in [0.1, 0.15) is 6.10 Å². The van der Waals surface area contributed by atoms with Crippen LogP contribution in [0.1, 0.15) is 50.7 Å². The van der Waals surface area contributed by atoms with Crippen molar-refractivity contribution in [1.29, 1.82) is 5.26 Å². The molecular weight excluding hydrogens is 293 g/mol. The van der Waals surface area contributed by atoms with E-state index in [1.165, 1.54) is 0 Å². The lowest BCUT2D eigenvalue weighted by molar-refractivity contribution is 0.0244. The van der Waals surface area contributed by atoms with Gasteiger partial charge in [-0.3, -0.25) is 0 Å². The molecule has 4 heteroatoms. The van der Waals surface area contributed by atoms with E-state index in [-0.39, 0.29) is 0 Å². The summed E-state index contributed by atoms with van der Waals surface area (Å²) in [7, 11) is 0. The van der Waals surface area contributed by atoms with E-state index in [0.29, 0.717) is 34.4 Å². The second-order valence-electron chi connectivity index (χ2n) is 5.66. The Balaban J connectivity index is 2.31. The summed E-state index contributed by atoms with van der Waals surface area (Å²) in [6, 6.07) is 7.50. The van der Waals surface area contributed by atoms with Gasteiger partial charge < -0.3 is 5.11 Å². The smallest absolute Gasteiger partial charge is 0.100 e. The largest absolute Gasteiger partial charge is 0.387 e. The molecule has 20 heavy (non-hydrogen) atoms. The van der Waals surface area contributed by atoms with Gasteiger partial charge in [-0.25, -0.2) is 0 Å². The first-order valence-electron chi connectivity index (χ1n) is 7.07. The highest BCUT2D eigenvalue weighted by Gasteiger charge is 2.43. The zero-order valence-electron chi connectivity index (χ0n) is 11.6. The molecule has 0 bridgehead atoms. The van der Waals surface area contributed by atoms with Crippen LogP contribution in [0.5, 0.6) is 0 Å². The number of aliphatic hydroxyl groups is 1. The maximum absolute atomic E-state index is 10.7. The quantitative estimate of drug-likeness (QED) is 0.840. The molecule has 1 unspecified atom stereocenters. The Labute approximate surface area is 130 Å². The van der Waals surface area contributed by atoms with E-state index >= 15 is 0 Å². The minimum absolute atomic E-state index is 0.428. The Morgan fingerprint density at radius 3 is 2.35 bits per heavy atom. The highest BCUT2D eigenvalue weighted by atomic mass is 35.5. The molecule has 0 radical (unpaired) electrons. The predicted molar refractivity (Wildman–Crippen MR) is 81.7 cm³/mol. The molecule has 1 atom stereocenters. The lowest BCUT2D eigenvalue weighted by Crippen LogP contribution is -2.32. The molecule has 1 N–H and O–H groups in total. The van der Waals surface area contributed by atoms with Crippen LogP contribution in [-0.2, 0) is 0 Å². The second-order valence-corrected chi connectivity index (χ2v) is 6.47. The molecule has 0 amide bonds. The number of nitriles is 1. The standard InChI is InChI=1S/C16H19Cl2NO/c1-2-11-6-8-16(10-19,9-7-11)15(20)14-12(17)4-3-5-13(14)18/h3-5,11,15,20H,2,6-9H2,1H3. The highest BCUT2D eigenvalue weighted by Crippen LogP contribution is 2.50. The number of hydrogen-bond donors (Lipinski definition) is 1. The third kappa shape index (κ3) is 2.81. The van der Waals surface area contributed by atoms with E-state index < -0.39 is 11.5 Å². The fourth-order valence-corrected chi connectivity index (χ4v) is 3.70. The minimum Gasteiger partial charge on any atom is -0.387 e. The van der Waals surface area contributed by atoms with E-state index in [1.54, 1.807) is 18.2 Å². The second kappa shape index (κ2) is 6.35. The molecule has 0 spiro atoms. The normalized spacial score (nSPS) is 27.9. The predicted octanol–water partition coefficient (Wildman–Crippen LogP) is 5.14. The molecule has 1 aliphatic rings. The molecule has 108 valence electrons. The van der Waals surface area contributed by atoms with Crippen LogP contribution in [0.25, 0.3) is 0 Å². The number of rotatable bonds is 3. The van der Waals surface area contributed by atoms with Crippen LogP contribution in [0.2, 0.25) is 10.0 Å². The Hall–Kier alpha value is -0.750. The summed E-state index contributed by atoms with van der Waals surface area (Å²) >= 11 is 12.3. The van der Waals surface area contributed by atoms with Gasteiger partial charge in [0.15, 0.2) is 0 Å². The van der Waals surface area contributed by atoms with Crippen molar-refractivity contribution in [2.75, 3.05) is 0 Å². The molecule has 2 rings (SSSR count). The van der Waals surface area contributed by atoms with Crippen molar-refractivity contribution in [2.45, 2.75) is 45.1 Å². The van der Waals surface area contributed by atoms with Gasteiger partial charge in [0.05, 0.1) is 11.5 Å². The van der Waals surface area contributed by atoms with Crippen LogP contribution < -0.4 is 0 Å². The van der Waals surface area contributed by atoms with Crippen molar-refractivity contribution in [3.8, 4) is 6.07 Å². The Bertz CT molecular complexity index is 495. The van der Waals surface area contributed by atoms with Crippen LogP contribution >= 0.6 is 23.2 Å². The molecule has 0 aromatic heterocycles. The lowest BCUT2D eigenvalue weighted by Gasteiger charge is -2.38. The lowest BCUT2D eigenvalue weighted by atomic mass is 9.66. The summed E-state index contributed by atoms with van der Waals surface area (Å²) in [5.74, 6) is 0.658. The number of aliphatic hydroxyl groups excluding tert-OH is 1. The summed E-state index contributed by atoms with van der Waals surface area (Å²) in [5, 5.41) is 21.2. The average Bonchev–Trinajstić information content (AvgIpc) is 2.47. The zero-order chi connectivity index (χ0) is 14.8. The maximum atomic E-state index is 10.7. The highest BCUT2D eigenvalue weighted by molar-refractivity contribution is 6.36. The SMILES string of the molecule is CCC1CCC(C#N)(C(O)c2c(Cl)cccc2Cl)CC1. The van der Waals surface area contributed by atoms with Gasteiger partial charge in [-0.2, -0.15) is 5.26 Å². The molecular formula is C16H19Cl2NO. The van der Waals surface area contributed by atoms with Crippen molar-refractivity contribution >= 4 is 23.2 Å². The van der Waals surface area contributed by atoms with Gasteiger partial charge in [0, 0.05) is 15.6 Å². The number of nitrogens with zero attached hydrogens (tertiary/aromatic N) is 1. The number of halogens is 2. The van der Waals surface area contributed by atoms with E-state index in [4.69, 9.17) is 23.2 Å². The zero-order valence-corrected chi connectivity index (χ0v) is 13.1. The van der Waals surface area contributed by atoms with E-state index in [1.807, 2.05) is 0 Å². The molecule has 2 nitrogen and oxygen atoms in total. The molecule has 1 fully saturated rings. The molecule has 0 aliphatic heterocycles. The van der Waals surface area contributed by atoms with Gasteiger partial charge >= 0.3 is 0 Å². The summed E-state index contributed by atoms with van der Waals surface area (Å²) in [5.41, 5.74) is -0.271. The third-order valence-electron chi connectivity index (χ3n) is 4.59. The van der Waals surface area contributed by atoms with Crippen molar-refractivity contribution < 1.29 is 5.11 Å². The first-order chi connectivity index (χ1) is 9.54. The fourth-order valence-electron chi connectivity index (χ4n) is 3.10. The Morgan fingerprint density at radius 1 is 1.35 bits per heavy atom. The Kier molecular flexibility index (Phi) is 4.96. The number of benzene rings is 1. The van der Waals surface area contributed by atoms with Crippen LogP contribution in [0.15, 0.2) is 18.2 Å². The monoisotopic (exact) mass is 311 g/mol. The van der Waals surface area contributed by atoms with Crippen LogP contribution in [0.3, 0.4) is 0 Å². The molecule has 0 saturated heterocycles. The summed E-state index contributed by atoms with van der Waals surface area (Å²) < 4.78 is 0. The van der Waals surface area contributed by atoms with E-state index in [9.17, 15) is 10.4 Å². The van der Waals surface area contributed by atoms with Crippen LogP contribution in [0.4, 0.5) is 0 Å². The van der Waals surface area contributed by atoms with Gasteiger partial charge in [0.2, 0.25) is 0 Å². The number of hydrogen-bond acceptors (Lipinski definition) is 2. The van der Waals surface area contributed by atoms with Gasteiger partial charge in [0.25, 0.3) is 0 Å². The van der Waals surface area contributed by atoms with Crippen molar-refractivity contribution in [3.05, 3.63) is 33.8 Å². The molecule has 1 saturated carbocycles. The average molecular weight is 312 g/mol. The van der Waals surface area contributed by atoms with Crippen molar-refractivity contribution in [2.24, 2.45) is 11.3 Å². The van der Waals surface area contributed by atoms with Gasteiger partial charge in [-0.1, -0.05) is 42.6 Å². The summed E-state index contributed by atoms with van der Waals surface area (Å²) in [6.07, 6.45) is 3.55. The molecule has 1 aliphatic carbocycles. The molecule has 1 aromatic rings. The van der Waals surface area contributed by atoms with Crippen molar-refractivity contribution in [3.63, 3.8) is 0 Å². The molecule has 0 heterocycles. The maximum Gasteiger partial charge on any atom is 0.100 e. The van der Waals surface area contributed by atoms with Crippen LogP contribution in [-0.4, -0.2) is 5.11 Å². The summed E-state index contributed by atoms with van der Waals surface area (Å²) in [6.45, 7) is 2.17. The van der Waals surface area contributed by atoms with E-state index in [0.717, 1.165) is 19.3 Å².